The molecule has 1 atom stereocenters. The zero-order valence-electron chi connectivity index (χ0n) is 17.4. The molecule has 1 unspecified atom stereocenters. The lowest BCUT2D eigenvalue weighted by Gasteiger charge is -2.32. The minimum Gasteiger partial charge on any atom is -0.408 e. The van der Waals surface area contributed by atoms with Crippen LogP contribution in [0.2, 0.25) is 0 Å². The summed E-state index contributed by atoms with van der Waals surface area (Å²) in [7, 11) is 0. The molecule has 5 heteroatoms. The van der Waals surface area contributed by atoms with Crippen molar-refractivity contribution in [3.8, 4) is 5.75 Å². The Bertz CT molecular complexity index is 993. The molecule has 0 bridgehead atoms. The third kappa shape index (κ3) is 4.09. The lowest BCUT2D eigenvalue weighted by atomic mass is 9.89. The summed E-state index contributed by atoms with van der Waals surface area (Å²) in [5.74, 6) is 1.90. The highest BCUT2D eigenvalue weighted by atomic mass is 19.1. The molecule has 30 heavy (non-hydrogen) atoms. The van der Waals surface area contributed by atoms with Crippen LogP contribution in [0.4, 0.5) is 4.39 Å². The highest BCUT2D eigenvalue weighted by Gasteiger charge is 2.24. The van der Waals surface area contributed by atoms with E-state index in [2.05, 4.69) is 33.7 Å². The van der Waals surface area contributed by atoms with Crippen molar-refractivity contribution >= 4 is 10.9 Å². The molecule has 2 aliphatic heterocycles. The van der Waals surface area contributed by atoms with Gasteiger partial charge in [0.25, 0.3) is 0 Å². The zero-order valence-corrected chi connectivity index (χ0v) is 17.4. The Labute approximate surface area is 177 Å². The fourth-order valence-electron chi connectivity index (χ4n) is 5.14. The van der Waals surface area contributed by atoms with Crippen molar-refractivity contribution in [1.29, 1.82) is 0 Å². The number of fused-ring (bicyclic) bond motifs is 2. The molecule has 1 saturated heterocycles. The van der Waals surface area contributed by atoms with Crippen molar-refractivity contribution < 1.29 is 9.23 Å². The Kier molecular flexibility index (Phi) is 5.73. The molecule has 1 aromatic heterocycles. The van der Waals surface area contributed by atoms with Gasteiger partial charge in [0.2, 0.25) is 0 Å². The van der Waals surface area contributed by atoms with Crippen molar-refractivity contribution in [2.24, 2.45) is 0 Å². The van der Waals surface area contributed by atoms with Crippen molar-refractivity contribution in [2.45, 2.75) is 43.9 Å². The normalized spacial score (nSPS) is 20.2. The summed E-state index contributed by atoms with van der Waals surface area (Å²) < 4.78 is 13.7. The number of hydroxylamine groups is 1. The molecule has 5 rings (SSSR count). The molecule has 0 spiro atoms. The summed E-state index contributed by atoms with van der Waals surface area (Å²) in [5, 5.41) is 1.05. The van der Waals surface area contributed by atoms with Crippen LogP contribution in [0, 0.1) is 5.82 Å². The second kappa shape index (κ2) is 8.78. The van der Waals surface area contributed by atoms with Gasteiger partial charge in [-0.2, -0.15) is 5.48 Å². The summed E-state index contributed by atoms with van der Waals surface area (Å²) >= 11 is 0. The molecule has 3 heterocycles. The maximum atomic E-state index is 13.7. The van der Waals surface area contributed by atoms with E-state index in [4.69, 9.17) is 4.84 Å². The molecule has 2 N–H and O–H groups in total. The largest absolute Gasteiger partial charge is 0.408 e. The van der Waals surface area contributed by atoms with Crippen molar-refractivity contribution in [1.82, 2.24) is 15.4 Å². The molecule has 158 valence electrons. The van der Waals surface area contributed by atoms with E-state index >= 15 is 0 Å². The molecule has 4 nitrogen and oxygen atoms in total. The van der Waals surface area contributed by atoms with Gasteiger partial charge >= 0.3 is 0 Å². The number of aromatic nitrogens is 1. The second-order valence-electron chi connectivity index (χ2n) is 8.73. The molecular weight excluding hydrogens is 377 g/mol. The maximum Gasteiger partial charge on any atom is 0.150 e. The fraction of sp³-hybridized carbons (Fsp3) is 0.440. The Morgan fingerprint density at radius 3 is 2.80 bits per heavy atom. The quantitative estimate of drug-likeness (QED) is 0.542. The smallest absolute Gasteiger partial charge is 0.150 e. The van der Waals surface area contributed by atoms with E-state index in [0.29, 0.717) is 11.8 Å². The van der Waals surface area contributed by atoms with Crippen LogP contribution >= 0.6 is 0 Å². The molecular formula is C25H30FN3O. The minimum absolute atomic E-state index is 0.150. The number of rotatable bonds is 6. The molecule has 2 aliphatic rings. The highest BCUT2D eigenvalue weighted by Crippen LogP contribution is 2.34. The first-order valence-electron chi connectivity index (χ1n) is 11.3. The Hall–Kier alpha value is -2.37. The van der Waals surface area contributed by atoms with Crippen LogP contribution in [0.25, 0.3) is 10.9 Å². The molecule has 0 saturated carbocycles. The van der Waals surface area contributed by atoms with E-state index in [9.17, 15) is 4.39 Å². The van der Waals surface area contributed by atoms with Gasteiger partial charge < -0.3 is 14.7 Å². The lowest BCUT2D eigenvalue weighted by Crippen LogP contribution is -2.34. The number of likely N-dealkylation sites (tertiary alicyclic amines) is 1. The zero-order chi connectivity index (χ0) is 20.3. The first-order valence-corrected chi connectivity index (χ1v) is 11.3. The van der Waals surface area contributed by atoms with Crippen LogP contribution in [-0.2, 0) is 0 Å². The van der Waals surface area contributed by atoms with Gasteiger partial charge in [-0.05, 0) is 81.1 Å². The number of hydrogen-bond donors (Lipinski definition) is 2. The fourth-order valence-corrected chi connectivity index (χ4v) is 5.14. The van der Waals surface area contributed by atoms with Gasteiger partial charge in [-0.15, -0.1) is 0 Å². The Morgan fingerprint density at radius 1 is 1.03 bits per heavy atom. The summed E-state index contributed by atoms with van der Waals surface area (Å²) in [6, 6.07) is 13.4. The van der Waals surface area contributed by atoms with E-state index in [1.807, 2.05) is 18.2 Å². The molecule has 0 radical (unpaired) electrons. The molecule has 2 aromatic carbocycles. The predicted molar refractivity (Wildman–Crippen MR) is 118 cm³/mol. The Balaban J connectivity index is 1.09. The van der Waals surface area contributed by atoms with Crippen molar-refractivity contribution in [2.75, 3.05) is 26.2 Å². The summed E-state index contributed by atoms with van der Waals surface area (Å²) in [6.45, 7) is 4.34. The first kappa shape index (κ1) is 19.6. The number of para-hydroxylation sites is 1. The summed E-state index contributed by atoms with van der Waals surface area (Å²) in [5.41, 5.74) is 6.75. The first-order chi connectivity index (χ1) is 14.8. The van der Waals surface area contributed by atoms with Crippen LogP contribution in [-0.4, -0.2) is 36.1 Å². The van der Waals surface area contributed by atoms with Gasteiger partial charge in [0.05, 0.1) is 0 Å². The Morgan fingerprint density at radius 2 is 1.90 bits per heavy atom. The average molecular weight is 408 g/mol. The van der Waals surface area contributed by atoms with Gasteiger partial charge in [0, 0.05) is 35.1 Å². The number of H-pyrrole nitrogens is 1. The monoisotopic (exact) mass is 407 g/mol. The molecule has 1 fully saturated rings. The van der Waals surface area contributed by atoms with Gasteiger partial charge in [0.1, 0.15) is 5.82 Å². The molecule has 3 aromatic rings. The van der Waals surface area contributed by atoms with E-state index in [0.717, 1.165) is 49.1 Å². The lowest BCUT2D eigenvalue weighted by molar-refractivity contribution is 0.161. The number of nitrogens with zero attached hydrogens (tertiary/aromatic N) is 1. The number of halogens is 1. The topological polar surface area (TPSA) is 40.3 Å². The number of nitrogens with one attached hydrogen (secondary N) is 2. The van der Waals surface area contributed by atoms with Gasteiger partial charge in [-0.1, -0.05) is 24.6 Å². The minimum atomic E-state index is -0.150. The summed E-state index contributed by atoms with van der Waals surface area (Å²) in [4.78, 5) is 11.5. The van der Waals surface area contributed by atoms with Crippen LogP contribution in [0.1, 0.15) is 55.1 Å². The highest BCUT2D eigenvalue weighted by molar-refractivity contribution is 5.83. The average Bonchev–Trinajstić information content (AvgIpc) is 3.20. The predicted octanol–water partition coefficient (Wildman–Crippen LogP) is 5.34. The van der Waals surface area contributed by atoms with Crippen LogP contribution in [0.3, 0.4) is 0 Å². The standard InChI is InChI=1S/C25H30FN3O/c26-20-8-9-24-22(15-20)23(17-27-24)18-10-13-29(14-11-18)12-4-3-5-19-16-28-30-25-7-2-1-6-21(19)25/h1-2,6-9,15,17-19,27-28H,3-5,10-14,16H2. The van der Waals surface area contributed by atoms with Crippen molar-refractivity contribution in [3.05, 3.63) is 65.6 Å². The SMILES string of the molecule is Fc1ccc2[nH]cc(C3CCN(CCCCC4CNOc5ccccc54)CC3)c2c1. The van der Waals surface area contributed by atoms with E-state index in [1.165, 1.54) is 43.0 Å². The number of unbranched alkanes of at least 4 members (excludes halogenated alkanes) is 1. The van der Waals surface area contributed by atoms with E-state index in [-0.39, 0.29) is 5.82 Å². The number of benzene rings is 2. The van der Waals surface area contributed by atoms with Gasteiger partial charge in [-0.3, -0.25) is 0 Å². The van der Waals surface area contributed by atoms with Gasteiger partial charge in [0.15, 0.2) is 5.75 Å². The number of hydrogen-bond acceptors (Lipinski definition) is 3. The molecule has 0 aliphatic carbocycles. The van der Waals surface area contributed by atoms with Crippen LogP contribution < -0.4 is 10.3 Å². The third-order valence-corrected chi connectivity index (χ3v) is 6.85. The van der Waals surface area contributed by atoms with E-state index in [1.54, 1.807) is 6.07 Å². The third-order valence-electron chi connectivity index (χ3n) is 6.85. The van der Waals surface area contributed by atoms with Crippen molar-refractivity contribution in [3.63, 3.8) is 0 Å². The summed E-state index contributed by atoms with van der Waals surface area (Å²) in [6.07, 6.45) is 8.07. The second-order valence-corrected chi connectivity index (χ2v) is 8.73. The maximum absolute atomic E-state index is 13.7. The van der Waals surface area contributed by atoms with E-state index < -0.39 is 0 Å². The number of aromatic amines is 1. The van der Waals surface area contributed by atoms with Crippen LogP contribution in [0.5, 0.6) is 5.75 Å². The number of piperidine rings is 1. The van der Waals surface area contributed by atoms with Crippen LogP contribution in [0.15, 0.2) is 48.7 Å². The molecule has 0 amide bonds. The van der Waals surface area contributed by atoms with Gasteiger partial charge in [-0.25, -0.2) is 4.39 Å².